The van der Waals surface area contributed by atoms with E-state index in [4.69, 9.17) is 0 Å². The van der Waals surface area contributed by atoms with Crippen LogP contribution < -0.4 is 15.5 Å². The second kappa shape index (κ2) is 12.6. The minimum atomic E-state index is -1.52. The lowest BCUT2D eigenvalue weighted by Gasteiger charge is -2.58. The van der Waals surface area contributed by atoms with E-state index >= 15 is 0 Å². The quantitative estimate of drug-likeness (QED) is 0.0695. The molecule has 6 N–H and O–H groups in total. The molecule has 2 bridgehead atoms. The first kappa shape index (κ1) is 30.7. The summed E-state index contributed by atoms with van der Waals surface area (Å²) < 4.78 is 2.83. The average molecular weight is 594 g/mol. The van der Waals surface area contributed by atoms with E-state index in [2.05, 4.69) is 17.2 Å². The van der Waals surface area contributed by atoms with Crippen molar-refractivity contribution in [2.45, 2.75) is 44.7 Å². The Morgan fingerprint density at radius 2 is 1.52 bits per heavy atom. The Bertz CT molecular complexity index is 1630. The van der Waals surface area contributed by atoms with Crippen LogP contribution in [0, 0.1) is 11.8 Å². The van der Waals surface area contributed by atoms with E-state index in [9.17, 15) is 30.3 Å². The summed E-state index contributed by atoms with van der Waals surface area (Å²) in [7, 11) is -3.02. The van der Waals surface area contributed by atoms with Crippen LogP contribution in [0.15, 0.2) is 91.6 Å². The third kappa shape index (κ3) is 5.87. The van der Waals surface area contributed by atoms with Gasteiger partial charge in [0, 0.05) is 47.6 Å². The second-order valence-corrected chi connectivity index (χ2v) is 12.6. The third-order valence-corrected chi connectivity index (χ3v) is 10.1. The van der Waals surface area contributed by atoms with Crippen LogP contribution in [0.25, 0.3) is 10.9 Å². The first-order valence-electron chi connectivity index (χ1n) is 15.3. The Labute approximate surface area is 258 Å². The van der Waals surface area contributed by atoms with E-state index in [1.54, 1.807) is 24.3 Å². The zero-order valence-electron chi connectivity index (χ0n) is 24.8. The van der Waals surface area contributed by atoms with E-state index in [1.165, 1.54) is 0 Å². The van der Waals surface area contributed by atoms with Gasteiger partial charge in [0.15, 0.2) is 12.7 Å². The molecule has 0 amide bonds. The number of rotatable bonds is 10. The van der Waals surface area contributed by atoms with E-state index in [0.29, 0.717) is 29.3 Å². The van der Waals surface area contributed by atoms with Gasteiger partial charge in [-0.25, -0.2) is 0 Å². The first-order chi connectivity index (χ1) is 21.2. The van der Waals surface area contributed by atoms with Crippen LogP contribution in [-0.4, -0.2) is 68.2 Å². The fraction of sp³-hybridized carbons (Fsp3) is 0.324. The van der Waals surface area contributed by atoms with Gasteiger partial charge in [0.2, 0.25) is 5.52 Å². The Morgan fingerprint density at radius 3 is 2.14 bits per heavy atom. The molecule has 7 rings (SSSR count). The van der Waals surface area contributed by atoms with Crippen LogP contribution in [0.3, 0.4) is 0 Å². The van der Waals surface area contributed by atoms with Gasteiger partial charge in [-0.3, -0.25) is 0 Å². The summed E-state index contributed by atoms with van der Waals surface area (Å²) in [5.41, 5.74) is 5.52. The highest BCUT2D eigenvalue weighted by Crippen LogP contribution is 2.48. The Kier molecular flexibility index (Phi) is 8.77. The van der Waals surface area contributed by atoms with Crippen molar-refractivity contribution in [3.8, 4) is 0 Å². The lowest BCUT2D eigenvalue weighted by molar-refractivity contribution is -0.984. The maximum absolute atomic E-state index is 12.3. The normalized spacial score (nSPS) is 23.5. The monoisotopic (exact) mass is 594 g/mol. The highest BCUT2D eigenvalue weighted by Gasteiger charge is 2.54. The number of nitrogens with zero attached hydrogens (tertiary/aromatic N) is 2. The van der Waals surface area contributed by atoms with Crippen LogP contribution >= 0.6 is 0 Å². The van der Waals surface area contributed by atoms with Crippen molar-refractivity contribution in [1.82, 2.24) is 0 Å². The molecule has 0 radical (unpaired) electrons. The minimum absolute atomic E-state index is 0.0259. The zero-order valence-corrected chi connectivity index (χ0v) is 24.8. The van der Waals surface area contributed by atoms with Crippen molar-refractivity contribution in [2.24, 2.45) is 11.8 Å². The summed E-state index contributed by atoms with van der Waals surface area (Å²) >= 11 is 0. The van der Waals surface area contributed by atoms with Crippen LogP contribution in [0.5, 0.6) is 0 Å². The summed E-state index contributed by atoms with van der Waals surface area (Å²) in [5.74, 6) is 0.853. The number of hydrogen-bond acceptors (Lipinski definition) is 6. The van der Waals surface area contributed by atoms with Crippen molar-refractivity contribution < 1.29 is 39.4 Å². The fourth-order valence-electron chi connectivity index (χ4n) is 7.63. The van der Waals surface area contributed by atoms with Crippen LogP contribution in [0.2, 0.25) is 0 Å². The molecule has 3 aliphatic heterocycles. The summed E-state index contributed by atoms with van der Waals surface area (Å²) in [5, 5.41) is 61.2. The summed E-state index contributed by atoms with van der Waals surface area (Å²) in [6.45, 7) is 7.18. The fourth-order valence-corrected chi connectivity index (χ4v) is 7.63. The molecule has 4 heterocycles. The molecule has 3 saturated heterocycles. The summed E-state index contributed by atoms with van der Waals surface area (Å²) in [4.78, 5) is 0. The number of aliphatic hydroxyl groups excluding tert-OH is 2. The number of piperidine rings is 3. The number of fused-ring (bicyclic) bond motifs is 4. The van der Waals surface area contributed by atoms with Gasteiger partial charge in [-0.1, -0.05) is 60.7 Å². The van der Waals surface area contributed by atoms with Gasteiger partial charge in [0.05, 0.1) is 25.1 Å². The minimum Gasteiger partial charge on any atom is -0.423 e. The van der Waals surface area contributed by atoms with Crippen molar-refractivity contribution in [2.75, 3.05) is 13.1 Å². The van der Waals surface area contributed by atoms with E-state index in [0.717, 1.165) is 70.1 Å². The number of benzene rings is 3. The van der Waals surface area contributed by atoms with Crippen molar-refractivity contribution in [3.63, 3.8) is 0 Å². The standard InChI is InChI=1S/C34H40B2N2O6/c1-2-26-21-38(20-24-5-10-29(11-6-24)36(43)44)16-14-27(26)18-33(38)34(40)31-13-15-37(32-17-25(22-39)7-12-30(31)32)19-23-3-8-28(9-4-23)35(41)42/h2-13,15,17,26-27,33-34,39-44H,1,14,16,18-22H2/q+2. The van der Waals surface area contributed by atoms with Gasteiger partial charge in [0.1, 0.15) is 18.7 Å². The molecule has 3 fully saturated rings. The maximum atomic E-state index is 12.3. The van der Waals surface area contributed by atoms with E-state index in [-0.39, 0.29) is 12.6 Å². The number of aliphatic hydroxyl groups is 2. The molecule has 4 aromatic rings. The van der Waals surface area contributed by atoms with Crippen molar-refractivity contribution in [1.29, 1.82) is 0 Å². The van der Waals surface area contributed by atoms with Crippen molar-refractivity contribution in [3.05, 3.63) is 114 Å². The zero-order chi connectivity index (χ0) is 31.0. The molecule has 44 heavy (non-hydrogen) atoms. The third-order valence-electron chi connectivity index (χ3n) is 10.1. The largest absolute Gasteiger partial charge is 0.488 e. The molecule has 8 nitrogen and oxygen atoms in total. The second-order valence-electron chi connectivity index (χ2n) is 12.6. The molecular weight excluding hydrogens is 554 g/mol. The number of aromatic nitrogens is 1. The highest BCUT2D eigenvalue weighted by atomic mass is 16.4. The van der Waals surface area contributed by atoms with E-state index < -0.39 is 20.3 Å². The van der Waals surface area contributed by atoms with Gasteiger partial charge in [0.25, 0.3) is 0 Å². The number of quaternary nitrogens is 1. The molecule has 0 spiro atoms. The van der Waals surface area contributed by atoms with Crippen LogP contribution in [0.4, 0.5) is 0 Å². The molecule has 3 aliphatic rings. The summed E-state index contributed by atoms with van der Waals surface area (Å²) in [6, 6.07) is 22.4. The first-order valence-corrected chi connectivity index (χ1v) is 15.3. The van der Waals surface area contributed by atoms with Crippen LogP contribution in [0.1, 0.15) is 41.2 Å². The van der Waals surface area contributed by atoms with Gasteiger partial charge in [-0.2, -0.15) is 4.57 Å². The Balaban J connectivity index is 1.36. The molecule has 226 valence electrons. The topological polar surface area (TPSA) is 125 Å². The Morgan fingerprint density at radius 1 is 0.886 bits per heavy atom. The molecular formula is C34H40B2N2O6+2. The molecule has 10 heteroatoms. The lowest BCUT2D eigenvalue weighted by atomic mass is 9.71. The molecule has 5 unspecified atom stereocenters. The Hall–Kier alpha value is -3.34. The molecule has 0 saturated carbocycles. The van der Waals surface area contributed by atoms with Gasteiger partial charge in [-0.05, 0) is 28.5 Å². The smallest absolute Gasteiger partial charge is 0.423 e. The SMILES string of the molecule is C=CC1C[N+]2(Cc3ccc(B(O)O)cc3)CCC1CC2C(O)c1cc[n+](Cc2ccc(B(O)O)cc2)c2cc(CO)ccc12. The predicted octanol–water partition coefficient (Wildman–Crippen LogP) is 0.672. The van der Waals surface area contributed by atoms with E-state index in [1.807, 2.05) is 54.7 Å². The predicted molar refractivity (Wildman–Crippen MR) is 171 cm³/mol. The average Bonchev–Trinajstić information content (AvgIpc) is 3.04. The molecule has 5 atom stereocenters. The van der Waals surface area contributed by atoms with Gasteiger partial charge >= 0.3 is 14.2 Å². The maximum Gasteiger partial charge on any atom is 0.488 e. The van der Waals surface area contributed by atoms with Crippen molar-refractivity contribution >= 4 is 36.1 Å². The number of hydrogen-bond donors (Lipinski definition) is 6. The highest BCUT2D eigenvalue weighted by molar-refractivity contribution is 6.58. The van der Waals surface area contributed by atoms with Gasteiger partial charge < -0.3 is 34.8 Å². The summed E-state index contributed by atoms with van der Waals surface area (Å²) in [6.07, 6.45) is 5.32. The van der Waals surface area contributed by atoms with Crippen LogP contribution in [-0.2, 0) is 19.7 Å². The van der Waals surface area contributed by atoms with Gasteiger partial charge in [-0.15, -0.1) is 6.58 Å². The molecule has 0 aliphatic carbocycles. The lowest BCUT2D eigenvalue weighted by Crippen LogP contribution is -2.67. The molecule has 1 aromatic heterocycles. The number of pyridine rings is 1. The molecule has 3 aromatic carbocycles.